The van der Waals surface area contributed by atoms with Crippen molar-refractivity contribution in [3.05, 3.63) is 52.0 Å². The van der Waals surface area contributed by atoms with Crippen LogP contribution in [-0.2, 0) is 6.61 Å². The zero-order valence-corrected chi connectivity index (χ0v) is 14.7. The third-order valence-corrected chi connectivity index (χ3v) is 3.65. The van der Waals surface area contributed by atoms with Gasteiger partial charge in [0.05, 0.1) is 12.3 Å². The van der Waals surface area contributed by atoms with Crippen molar-refractivity contribution in [2.24, 2.45) is 5.73 Å². The molecule has 0 heterocycles. The summed E-state index contributed by atoms with van der Waals surface area (Å²) in [7, 11) is 0. The number of nitrogens with one attached hydrogen (secondary N) is 3. The molecule has 0 aromatic heterocycles. The molecule has 2 aromatic rings. The molecule has 25 heavy (non-hydrogen) atoms. The number of amides is 2. The summed E-state index contributed by atoms with van der Waals surface area (Å²) in [4.78, 5) is 12.1. The molecule has 0 unspecified atom stereocenters. The van der Waals surface area contributed by atoms with Crippen LogP contribution in [0, 0.1) is 11.6 Å². The van der Waals surface area contributed by atoms with E-state index in [-0.39, 0.29) is 11.3 Å². The Labute approximate surface area is 151 Å². The van der Waals surface area contributed by atoms with E-state index < -0.39 is 24.3 Å². The van der Waals surface area contributed by atoms with Gasteiger partial charge in [-0.3, -0.25) is 0 Å². The first kappa shape index (κ1) is 19.1. The topological polar surface area (TPSA) is 99.4 Å². The number of hydrogen-bond donors (Lipinski definition) is 5. The van der Waals surface area contributed by atoms with Crippen LogP contribution in [0.4, 0.5) is 30.6 Å². The highest BCUT2D eigenvalue weighted by atomic mass is 79.9. The highest BCUT2D eigenvalue weighted by molar-refractivity contribution is 9.10. The van der Waals surface area contributed by atoms with E-state index in [0.717, 1.165) is 16.2 Å². The van der Waals surface area contributed by atoms with Gasteiger partial charge in [-0.05, 0) is 24.3 Å². The summed E-state index contributed by atoms with van der Waals surface area (Å²) >= 11 is 3.33. The first-order valence-corrected chi connectivity index (χ1v) is 8.13. The fourth-order valence-electron chi connectivity index (χ4n) is 2.14. The van der Waals surface area contributed by atoms with Gasteiger partial charge in [-0.2, -0.15) is 0 Å². The van der Waals surface area contributed by atoms with Gasteiger partial charge in [-0.15, -0.1) is 0 Å². The summed E-state index contributed by atoms with van der Waals surface area (Å²) in [6, 6.07) is 6.01. The van der Waals surface area contributed by atoms with Gasteiger partial charge in [0.25, 0.3) is 0 Å². The van der Waals surface area contributed by atoms with Crippen molar-refractivity contribution in [2.45, 2.75) is 6.61 Å². The lowest BCUT2D eigenvalue weighted by atomic mass is 10.1. The van der Waals surface area contributed by atoms with Crippen molar-refractivity contribution >= 4 is 39.0 Å². The van der Waals surface area contributed by atoms with Crippen LogP contribution >= 0.6 is 15.9 Å². The molecule has 0 radical (unpaired) electrons. The van der Waals surface area contributed by atoms with Gasteiger partial charge in [-0.25, -0.2) is 13.6 Å². The predicted molar refractivity (Wildman–Crippen MR) is 96.6 cm³/mol. The number of aliphatic hydroxyl groups excluding tert-OH is 1. The Hall–Kier alpha value is -2.23. The highest BCUT2D eigenvalue weighted by Crippen LogP contribution is 2.24. The molecule has 2 aromatic carbocycles. The number of halogens is 3. The fourth-order valence-corrected chi connectivity index (χ4v) is 2.63. The maximum atomic E-state index is 13.6. The first-order valence-electron chi connectivity index (χ1n) is 7.34. The minimum absolute atomic E-state index is 0.144. The molecule has 0 fully saturated rings. The van der Waals surface area contributed by atoms with E-state index in [0.29, 0.717) is 24.8 Å². The molecule has 0 saturated heterocycles. The Morgan fingerprint density at radius 1 is 1.12 bits per heavy atom. The average Bonchev–Trinajstić information content (AvgIpc) is 2.51. The molecular formula is C16H17BrF2N4O2. The van der Waals surface area contributed by atoms with Crippen molar-refractivity contribution in [1.29, 1.82) is 0 Å². The monoisotopic (exact) mass is 414 g/mol. The van der Waals surface area contributed by atoms with Crippen LogP contribution in [0.25, 0.3) is 0 Å². The molecule has 134 valence electrons. The molecule has 0 saturated carbocycles. The van der Waals surface area contributed by atoms with E-state index >= 15 is 0 Å². The minimum Gasteiger partial charge on any atom is -0.391 e. The number of carbonyl (C=O) groups is 1. The van der Waals surface area contributed by atoms with Crippen molar-refractivity contribution < 1.29 is 18.7 Å². The summed E-state index contributed by atoms with van der Waals surface area (Å²) in [6.45, 7) is 0.334. The normalized spacial score (nSPS) is 10.4. The summed E-state index contributed by atoms with van der Waals surface area (Å²) in [5.41, 5.74) is 6.28. The third-order valence-electron chi connectivity index (χ3n) is 3.20. The molecular weight excluding hydrogens is 398 g/mol. The van der Waals surface area contributed by atoms with E-state index in [1.54, 1.807) is 12.1 Å². The number of benzene rings is 2. The van der Waals surface area contributed by atoms with E-state index in [2.05, 4.69) is 31.9 Å². The van der Waals surface area contributed by atoms with E-state index in [1.807, 2.05) is 6.07 Å². The lowest BCUT2D eigenvalue weighted by molar-refractivity contribution is 0.261. The third kappa shape index (κ3) is 5.38. The number of hydrogen-bond acceptors (Lipinski definition) is 4. The van der Waals surface area contributed by atoms with Crippen molar-refractivity contribution in [3.8, 4) is 0 Å². The van der Waals surface area contributed by atoms with Crippen LogP contribution < -0.4 is 21.7 Å². The first-order chi connectivity index (χ1) is 11.9. The number of anilines is 3. The van der Waals surface area contributed by atoms with Crippen molar-refractivity contribution in [3.63, 3.8) is 0 Å². The maximum Gasteiger partial charge on any atom is 0.323 e. The van der Waals surface area contributed by atoms with Crippen molar-refractivity contribution in [2.75, 3.05) is 29.0 Å². The number of aliphatic hydroxyl groups is 1. The lowest BCUT2D eigenvalue weighted by Crippen LogP contribution is -2.21. The zero-order chi connectivity index (χ0) is 18.4. The molecule has 6 N–H and O–H groups in total. The largest absolute Gasteiger partial charge is 0.391 e. The lowest BCUT2D eigenvalue weighted by Gasteiger charge is -2.13. The second-order valence-corrected chi connectivity index (χ2v) is 6.01. The number of rotatable bonds is 6. The molecule has 0 spiro atoms. The smallest absolute Gasteiger partial charge is 0.323 e. The maximum absolute atomic E-state index is 13.6. The number of carbonyl (C=O) groups excluding carboxylic acids is 1. The van der Waals surface area contributed by atoms with Gasteiger partial charge in [0.15, 0.2) is 0 Å². The van der Waals surface area contributed by atoms with E-state index in [1.165, 1.54) is 0 Å². The van der Waals surface area contributed by atoms with Gasteiger partial charge in [0.1, 0.15) is 11.6 Å². The molecule has 2 rings (SSSR count). The highest BCUT2D eigenvalue weighted by Gasteiger charge is 2.13. The van der Waals surface area contributed by atoms with Gasteiger partial charge in [0.2, 0.25) is 0 Å². The van der Waals surface area contributed by atoms with Crippen LogP contribution in [0.1, 0.15) is 5.56 Å². The van der Waals surface area contributed by atoms with Gasteiger partial charge in [-0.1, -0.05) is 15.9 Å². The molecule has 9 heteroatoms. The number of nitrogens with two attached hydrogens (primary N) is 1. The van der Waals surface area contributed by atoms with Gasteiger partial charge >= 0.3 is 6.03 Å². The molecule has 0 bridgehead atoms. The average molecular weight is 415 g/mol. The Morgan fingerprint density at radius 3 is 2.52 bits per heavy atom. The summed E-state index contributed by atoms with van der Waals surface area (Å²) in [5, 5.41) is 17.2. The Bertz CT molecular complexity index is 774. The quantitative estimate of drug-likeness (QED) is 0.500. The fraction of sp³-hybridized carbons (Fsp3) is 0.188. The van der Waals surface area contributed by atoms with Crippen LogP contribution in [0.3, 0.4) is 0 Å². The standard InChI is InChI=1S/C16H17BrF2N4O2/c17-9-3-11(21-2-1-20)7-12(4-9)22-16(25)23-15-6-10(18)5-14(19)13(15)8-24/h3-7,21,24H,1-2,8,20H2,(H2,22,23,25). The second kappa shape index (κ2) is 8.75. The van der Waals surface area contributed by atoms with Crippen LogP contribution in [0.5, 0.6) is 0 Å². The van der Waals surface area contributed by atoms with Crippen LogP contribution in [-0.4, -0.2) is 24.2 Å². The SMILES string of the molecule is NCCNc1cc(Br)cc(NC(=O)Nc2cc(F)cc(F)c2CO)c1. The molecule has 0 aliphatic carbocycles. The molecule has 0 aliphatic rings. The molecule has 0 aliphatic heterocycles. The Morgan fingerprint density at radius 2 is 1.84 bits per heavy atom. The van der Waals surface area contributed by atoms with Crippen LogP contribution in [0.2, 0.25) is 0 Å². The predicted octanol–water partition coefficient (Wildman–Crippen LogP) is 3.23. The minimum atomic E-state index is -0.937. The Kier molecular flexibility index (Phi) is 6.68. The summed E-state index contributed by atoms with van der Waals surface area (Å²) in [6.07, 6.45) is 0. The zero-order valence-electron chi connectivity index (χ0n) is 13.1. The van der Waals surface area contributed by atoms with Gasteiger partial charge in [0, 0.05) is 40.6 Å². The number of urea groups is 1. The van der Waals surface area contributed by atoms with E-state index in [4.69, 9.17) is 5.73 Å². The summed E-state index contributed by atoms with van der Waals surface area (Å²) in [5.74, 6) is -1.80. The molecule has 6 nitrogen and oxygen atoms in total. The second-order valence-electron chi connectivity index (χ2n) is 5.09. The van der Waals surface area contributed by atoms with E-state index in [9.17, 15) is 18.7 Å². The molecule has 0 atom stereocenters. The molecule has 2 amide bonds. The van der Waals surface area contributed by atoms with Gasteiger partial charge < -0.3 is 26.8 Å². The summed E-state index contributed by atoms with van der Waals surface area (Å²) < 4.78 is 27.7. The van der Waals surface area contributed by atoms with Crippen molar-refractivity contribution in [1.82, 2.24) is 0 Å². The van der Waals surface area contributed by atoms with Crippen LogP contribution in [0.15, 0.2) is 34.8 Å². The Balaban J connectivity index is 2.14.